The number of hydrogen-bond acceptors (Lipinski definition) is 1. The molecule has 0 N–H and O–H groups in total. The van der Waals surface area contributed by atoms with Crippen LogP contribution in [0.5, 0.6) is 0 Å². The molecule has 1 saturated carbocycles. The summed E-state index contributed by atoms with van der Waals surface area (Å²) in [5.41, 5.74) is 1.54. The van der Waals surface area contributed by atoms with E-state index in [1.54, 1.807) is 5.56 Å². The first-order valence-corrected chi connectivity index (χ1v) is 7.98. The number of hydrogen-bond donors (Lipinski definition) is 0. The molecular weight excluding hydrogens is 230 g/mol. The minimum Gasteiger partial charge on any atom is -0.298 e. The molecule has 1 aliphatic carbocycles. The Labute approximate surface area is 119 Å². The Kier molecular flexibility index (Phi) is 5.04. The molecule has 0 spiro atoms. The highest BCUT2D eigenvalue weighted by Gasteiger charge is 2.40. The molecule has 1 aromatic carbocycles. The van der Waals surface area contributed by atoms with E-state index in [2.05, 4.69) is 62.9 Å². The fourth-order valence-electron chi connectivity index (χ4n) is 3.09. The molecule has 1 nitrogen and oxygen atoms in total. The maximum atomic E-state index is 2.73. The van der Waals surface area contributed by atoms with Gasteiger partial charge in [-0.05, 0) is 50.5 Å². The highest BCUT2D eigenvalue weighted by atomic mass is 15.2. The topological polar surface area (TPSA) is 3.24 Å². The average Bonchev–Trinajstić information content (AvgIpc) is 3.23. The largest absolute Gasteiger partial charge is 0.298 e. The van der Waals surface area contributed by atoms with E-state index in [1.165, 1.54) is 25.8 Å². The first-order chi connectivity index (χ1) is 9.17. The Morgan fingerprint density at radius 2 is 1.63 bits per heavy atom. The van der Waals surface area contributed by atoms with Gasteiger partial charge in [0.05, 0.1) is 0 Å². The molecule has 0 saturated heterocycles. The van der Waals surface area contributed by atoms with Gasteiger partial charge in [-0.1, -0.05) is 44.2 Å². The summed E-state index contributed by atoms with van der Waals surface area (Å²) >= 11 is 0. The van der Waals surface area contributed by atoms with Crippen molar-refractivity contribution in [2.45, 2.75) is 65.0 Å². The Morgan fingerprint density at radius 3 is 2.16 bits per heavy atom. The van der Waals surface area contributed by atoms with Crippen molar-refractivity contribution >= 4 is 0 Å². The van der Waals surface area contributed by atoms with Crippen LogP contribution in [0.15, 0.2) is 30.3 Å². The van der Waals surface area contributed by atoms with E-state index in [0.717, 1.165) is 11.8 Å². The summed E-state index contributed by atoms with van der Waals surface area (Å²) in [6.07, 6.45) is 3.90. The van der Waals surface area contributed by atoms with Gasteiger partial charge >= 0.3 is 0 Å². The van der Waals surface area contributed by atoms with Gasteiger partial charge in [0.25, 0.3) is 0 Å². The fraction of sp³-hybridized carbons (Fsp3) is 0.667. The van der Waals surface area contributed by atoms with Gasteiger partial charge in [0, 0.05) is 18.6 Å². The van der Waals surface area contributed by atoms with Crippen LogP contribution in [0, 0.1) is 5.92 Å². The van der Waals surface area contributed by atoms with E-state index in [4.69, 9.17) is 0 Å². The van der Waals surface area contributed by atoms with Crippen LogP contribution in [0.25, 0.3) is 0 Å². The standard InChI is InChI=1S/C18H29N/c1-5-14(3)19(15(4)6-2)13-17-12-18(17)16-10-8-7-9-11-16/h7-11,14-15,17-18H,5-6,12-13H2,1-4H3/t14-,15-,17+,18+/m1/s1. The van der Waals surface area contributed by atoms with Crippen LogP contribution >= 0.6 is 0 Å². The van der Waals surface area contributed by atoms with Crippen molar-refractivity contribution in [3.8, 4) is 0 Å². The zero-order chi connectivity index (χ0) is 13.8. The summed E-state index contributed by atoms with van der Waals surface area (Å²) < 4.78 is 0. The van der Waals surface area contributed by atoms with Gasteiger partial charge in [0.1, 0.15) is 0 Å². The second-order valence-corrected chi connectivity index (χ2v) is 6.22. The predicted molar refractivity (Wildman–Crippen MR) is 83.5 cm³/mol. The third-order valence-electron chi connectivity index (χ3n) is 4.91. The highest BCUT2D eigenvalue weighted by molar-refractivity contribution is 5.25. The van der Waals surface area contributed by atoms with Crippen molar-refractivity contribution in [3.05, 3.63) is 35.9 Å². The lowest BCUT2D eigenvalue weighted by atomic mass is 10.1. The van der Waals surface area contributed by atoms with E-state index in [0.29, 0.717) is 12.1 Å². The molecule has 0 heterocycles. The summed E-state index contributed by atoms with van der Waals surface area (Å²) in [6, 6.07) is 12.5. The molecule has 4 atom stereocenters. The highest BCUT2D eigenvalue weighted by Crippen LogP contribution is 2.48. The second kappa shape index (κ2) is 6.56. The van der Waals surface area contributed by atoms with Crippen LogP contribution in [0.4, 0.5) is 0 Å². The summed E-state index contributed by atoms with van der Waals surface area (Å²) in [5.74, 6) is 1.70. The number of nitrogens with zero attached hydrogens (tertiary/aromatic N) is 1. The maximum Gasteiger partial charge on any atom is 0.00672 e. The summed E-state index contributed by atoms with van der Waals surface area (Å²) in [6.45, 7) is 10.7. The van der Waals surface area contributed by atoms with Gasteiger partial charge in [0.15, 0.2) is 0 Å². The van der Waals surface area contributed by atoms with Crippen LogP contribution in [0.3, 0.4) is 0 Å². The molecule has 106 valence electrons. The minimum absolute atomic E-state index is 0.715. The first-order valence-electron chi connectivity index (χ1n) is 7.98. The minimum atomic E-state index is 0.715. The fourth-order valence-corrected chi connectivity index (χ4v) is 3.09. The molecule has 2 rings (SSSR count). The van der Waals surface area contributed by atoms with Crippen molar-refractivity contribution in [1.82, 2.24) is 4.90 Å². The van der Waals surface area contributed by atoms with Crippen molar-refractivity contribution in [2.75, 3.05) is 6.54 Å². The molecule has 1 aliphatic rings. The summed E-state index contributed by atoms with van der Waals surface area (Å²) in [4.78, 5) is 2.73. The second-order valence-electron chi connectivity index (χ2n) is 6.22. The molecule has 0 amide bonds. The van der Waals surface area contributed by atoms with Gasteiger partial charge in [-0.2, -0.15) is 0 Å². The lowest BCUT2D eigenvalue weighted by Gasteiger charge is -2.34. The normalized spacial score (nSPS) is 25.3. The Bertz CT molecular complexity index is 363. The van der Waals surface area contributed by atoms with Crippen LogP contribution < -0.4 is 0 Å². The third kappa shape index (κ3) is 3.60. The third-order valence-corrected chi connectivity index (χ3v) is 4.91. The van der Waals surface area contributed by atoms with Crippen molar-refractivity contribution in [1.29, 1.82) is 0 Å². The zero-order valence-corrected chi connectivity index (χ0v) is 13.0. The molecule has 0 aromatic heterocycles. The van der Waals surface area contributed by atoms with E-state index in [-0.39, 0.29) is 0 Å². The van der Waals surface area contributed by atoms with E-state index < -0.39 is 0 Å². The summed E-state index contributed by atoms with van der Waals surface area (Å²) in [7, 11) is 0. The predicted octanol–water partition coefficient (Wildman–Crippen LogP) is 4.69. The molecular formula is C18H29N. The molecule has 0 unspecified atom stereocenters. The number of benzene rings is 1. The Balaban J connectivity index is 1.93. The number of rotatable bonds is 7. The molecule has 1 aromatic rings. The SMILES string of the molecule is CC[C@@H](C)N(C[C@@H]1C[C@H]1c1ccccc1)[C@H](C)CC. The molecule has 19 heavy (non-hydrogen) atoms. The van der Waals surface area contributed by atoms with Gasteiger partial charge < -0.3 is 0 Å². The van der Waals surface area contributed by atoms with Gasteiger partial charge in [-0.25, -0.2) is 0 Å². The molecule has 1 heteroatoms. The van der Waals surface area contributed by atoms with Crippen LogP contribution in [0.1, 0.15) is 58.4 Å². The summed E-state index contributed by atoms with van der Waals surface area (Å²) in [5, 5.41) is 0. The van der Waals surface area contributed by atoms with Crippen molar-refractivity contribution in [3.63, 3.8) is 0 Å². The smallest absolute Gasteiger partial charge is 0.00672 e. The Morgan fingerprint density at radius 1 is 1.05 bits per heavy atom. The van der Waals surface area contributed by atoms with E-state index in [9.17, 15) is 0 Å². The molecule has 1 fully saturated rings. The maximum absolute atomic E-state index is 2.73. The average molecular weight is 259 g/mol. The Hall–Kier alpha value is -0.820. The molecule has 0 aliphatic heterocycles. The first kappa shape index (κ1) is 14.6. The zero-order valence-electron chi connectivity index (χ0n) is 13.0. The monoisotopic (exact) mass is 259 g/mol. The van der Waals surface area contributed by atoms with Gasteiger partial charge in [-0.3, -0.25) is 4.90 Å². The van der Waals surface area contributed by atoms with E-state index >= 15 is 0 Å². The molecule has 0 radical (unpaired) electrons. The van der Waals surface area contributed by atoms with Gasteiger partial charge in [-0.15, -0.1) is 0 Å². The van der Waals surface area contributed by atoms with Crippen molar-refractivity contribution < 1.29 is 0 Å². The van der Waals surface area contributed by atoms with Crippen LogP contribution in [-0.2, 0) is 0 Å². The van der Waals surface area contributed by atoms with Crippen LogP contribution in [0.2, 0.25) is 0 Å². The molecule has 0 bridgehead atoms. The van der Waals surface area contributed by atoms with E-state index in [1.807, 2.05) is 0 Å². The lowest BCUT2D eigenvalue weighted by molar-refractivity contribution is 0.138. The van der Waals surface area contributed by atoms with Gasteiger partial charge in [0.2, 0.25) is 0 Å². The lowest BCUT2D eigenvalue weighted by Crippen LogP contribution is -2.41. The van der Waals surface area contributed by atoms with Crippen molar-refractivity contribution in [2.24, 2.45) is 5.92 Å². The quantitative estimate of drug-likeness (QED) is 0.686. The van der Waals surface area contributed by atoms with Crippen LogP contribution in [-0.4, -0.2) is 23.5 Å².